The van der Waals surface area contributed by atoms with Crippen LogP contribution in [0.5, 0.6) is 5.75 Å². The lowest BCUT2D eigenvalue weighted by Gasteiger charge is -2.56. The lowest BCUT2D eigenvalue weighted by molar-refractivity contribution is -0.129. The first-order valence-electron chi connectivity index (χ1n) is 10.3. The Morgan fingerprint density at radius 2 is 1.81 bits per heavy atom. The first kappa shape index (κ1) is 21.6. The fourth-order valence-electron chi connectivity index (χ4n) is 4.60. The van der Waals surface area contributed by atoms with Crippen LogP contribution in [-0.4, -0.2) is 40.7 Å². The van der Waals surface area contributed by atoms with E-state index in [2.05, 4.69) is 10.6 Å². The highest BCUT2D eigenvalue weighted by Crippen LogP contribution is 2.47. The smallest absolute Gasteiger partial charge is 0.258 e. The molecule has 6 nitrogen and oxygen atoms in total. The maximum Gasteiger partial charge on any atom is 0.258 e. The third kappa shape index (κ3) is 4.52. The Bertz CT molecular complexity index is 977. The monoisotopic (exact) mass is 446 g/mol. The molecule has 2 aromatic carbocycles. The summed E-state index contributed by atoms with van der Waals surface area (Å²) < 4.78 is 18.9. The average molecular weight is 447 g/mol. The van der Waals surface area contributed by atoms with Crippen LogP contribution in [0.4, 0.5) is 4.39 Å². The van der Waals surface area contributed by atoms with Crippen LogP contribution in [0.15, 0.2) is 48.5 Å². The van der Waals surface area contributed by atoms with Crippen molar-refractivity contribution in [1.82, 2.24) is 10.6 Å². The SMILES string of the molecule is O=C(COc1ccc(Cl)c(F)c1)NC12CCC(NC(=O)c3ccccc3)(CC1)[C@@H](O)C2. The van der Waals surface area contributed by atoms with Crippen LogP contribution in [-0.2, 0) is 4.79 Å². The third-order valence-electron chi connectivity index (χ3n) is 6.39. The quantitative estimate of drug-likeness (QED) is 0.635. The molecule has 164 valence electrons. The standard InChI is InChI=1S/C23H24ClFN2O4/c24-17-7-6-16(12-18(17)25)31-14-20(29)26-22-8-10-23(11-9-22,19(28)13-22)27-21(30)15-4-2-1-3-5-15/h1-7,12,19,28H,8-11,13-14H2,(H,26,29)(H,27,30)/t19-,22?,23?/m0/s1. The molecule has 0 spiro atoms. The number of amides is 2. The van der Waals surface area contributed by atoms with E-state index in [4.69, 9.17) is 16.3 Å². The van der Waals surface area contributed by atoms with Crippen LogP contribution in [0.2, 0.25) is 5.02 Å². The molecule has 0 saturated heterocycles. The van der Waals surface area contributed by atoms with E-state index in [0.29, 0.717) is 37.7 Å². The Morgan fingerprint density at radius 1 is 1.10 bits per heavy atom. The van der Waals surface area contributed by atoms with Gasteiger partial charge in [0.05, 0.1) is 16.7 Å². The summed E-state index contributed by atoms with van der Waals surface area (Å²) in [7, 11) is 0. The Morgan fingerprint density at radius 3 is 2.45 bits per heavy atom. The molecule has 3 aliphatic rings. The van der Waals surface area contributed by atoms with Crippen molar-refractivity contribution >= 4 is 23.4 Å². The highest BCUT2D eigenvalue weighted by molar-refractivity contribution is 6.30. The average Bonchev–Trinajstić information content (AvgIpc) is 2.76. The van der Waals surface area contributed by atoms with Crippen LogP contribution in [0.3, 0.4) is 0 Å². The Labute approximate surface area is 184 Å². The summed E-state index contributed by atoms with van der Waals surface area (Å²) in [6.07, 6.45) is 1.99. The topological polar surface area (TPSA) is 87.7 Å². The van der Waals surface area contributed by atoms with Gasteiger partial charge in [-0.3, -0.25) is 9.59 Å². The van der Waals surface area contributed by atoms with Gasteiger partial charge in [-0.15, -0.1) is 0 Å². The largest absolute Gasteiger partial charge is 0.484 e. The van der Waals surface area contributed by atoms with E-state index in [9.17, 15) is 19.1 Å². The van der Waals surface area contributed by atoms with Gasteiger partial charge in [-0.1, -0.05) is 29.8 Å². The third-order valence-corrected chi connectivity index (χ3v) is 6.69. The normalized spacial score (nSPS) is 26.9. The van der Waals surface area contributed by atoms with Crippen LogP contribution in [0.1, 0.15) is 42.5 Å². The number of rotatable bonds is 6. The van der Waals surface area contributed by atoms with Gasteiger partial charge in [0.25, 0.3) is 11.8 Å². The Balaban J connectivity index is 1.34. The number of hydrogen-bond acceptors (Lipinski definition) is 4. The zero-order valence-electron chi connectivity index (χ0n) is 16.9. The van der Waals surface area contributed by atoms with Gasteiger partial charge >= 0.3 is 0 Å². The van der Waals surface area contributed by atoms with Crippen LogP contribution < -0.4 is 15.4 Å². The molecule has 0 unspecified atom stereocenters. The van der Waals surface area contributed by atoms with Gasteiger partial charge in [0.2, 0.25) is 0 Å². The molecule has 5 rings (SSSR count). The highest BCUT2D eigenvalue weighted by atomic mass is 35.5. The second kappa shape index (κ2) is 8.48. The number of aliphatic hydroxyl groups is 1. The second-order valence-electron chi connectivity index (χ2n) is 8.39. The molecule has 3 fully saturated rings. The minimum absolute atomic E-state index is 0.0167. The summed E-state index contributed by atoms with van der Waals surface area (Å²) >= 11 is 5.65. The molecule has 3 N–H and O–H groups in total. The lowest BCUT2D eigenvalue weighted by Crippen LogP contribution is -2.70. The van der Waals surface area contributed by atoms with E-state index < -0.39 is 23.0 Å². The molecule has 3 saturated carbocycles. The predicted octanol–water partition coefficient (Wildman–Crippen LogP) is 3.22. The van der Waals surface area contributed by atoms with E-state index in [0.717, 1.165) is 6.07 Å². The minimum atomic E-state index is -0.769. The van der Waals surface area contributed by atoms with Crippen LogP contribution in [0.25, 0.3) is 0 Å². The van der Waals surface area contributed by atoms with Gasteiger partial charge in [-0.25, -0.2) is 4.39 Å². The highest BCUT2D eigenvalue weighted by Gasteiger charge is 2.55. The van der Waals surface area contributed by atoms with Gasteiger partial charge < -0.3 is 20.5 Å². The lowest BCUT2D eigenvalue weighted by atomic mass is 9.60. The number of ether oxygens (including phenoxy) is 1. The summed E-state index contributed by atoms with van der Waals surface area (Å²) in [4.78, 5) is 25.1. The van der Waals surface area contributed by atoms with Crippen molar-refractivity contribution in [2.45, 2.75) is 49.3 Å². The summed E-state index contributed by atoms with van der Waals surface area (Å²) in [5, 5.41) is 16.9. The van der Waals surface area contributed by atoms with Crippen molar-refractivity contribution in [3.8, 4) is 5.75 Å². The molecule has 8 heteroatoms. The molecule has 31 heavy (non-hydrogen) atoms. The van der Waals surface area contributed by atoms with Crippen LogP contribution in [0, 0.1) is 5.82 Å². The van der Waals surface area contributed by atoms with Gasteiger partial charge in [-0.2, -0.15) is 0 Å². The molecule has 0 radical (unpaired) electrons. The number of halogens is 2. The van der Waals surface area contributed by atoms with E-state index in [-0.39, 0.29) is 29.2 Å². The molecule has 3 aliphatic carbocycles. The summed E-state index contributed by atoms with van der Waals surface area (Å²) in [6.45, 7) is -0.269. The van der Waals surface area contributed by atoms with Crippen molar-refractivity contribution in [2.75, 3.05) is 6.61 Å². The fourth-order valence-corrected chi connectivity index (χ4v) is 4.71. The first-order chi connectivity index (χ1) is 14.8. The number of aliphatic hydroxyl groups excluding tert-OH is 1. The zero-order valence-corrected chi connectivity index (χ0v) is 17.6. The number of carbonyl (C=O) groups excluding carboxylic acids is 2. The molecule has 0 aliphatic heterocycles. The minimum Gasteiger partial charge on any atom is -0.484 e. The Hall–Kier alpha value is -2.64. The van der Waals surface area contributed by atoms with Gasteiger partial charge in [-0.05, 0) is 56.4 Å². The number of carbonyl (C=O) groups is 2. The molecule has 2 aromatic rings. The summed E-state index contributed by atoms with van der Waals surface area (Å²) in [6, 6.07) is 12.9. The van der Waals surface area contributed by atoms with E-state index >= 15 is 0 Å². The molecular weight excluding hydrogens is 423 g/mol. The van der Waals surface area contributed by atoms with Crippen molar-refractivity contribution < 1.29 is 23.8 Å². The molecule has 2 bridgehead atoms. The van der Waals surface area contributed by atoms with Crippen molar-refractivity contribution in [3.63, 3.8) is 0 Å². The first-order valence-corrected chi connectivity index (χ1v) is 10.6. The number of nitrogens with one attached hydrogen (secondary N) is 2. The van der Waals surface area contributed by atoms with Crippen molar-refractivity contribution in [1.29, 1.82) is 0 Å². The van der Waals surface area contributed by atoms with Gasteiger partial charge in [0.15, 0.2) is 6.61 Å². The summed E-state index contributed by atoms with van der Waals surface area (Å²) in [5.74, 6) is -0.953. The van der Waals surface area contributed by atoms with Gasteiger partial charge in [0, 0.05) is 17.2 Å². The number of benzene rings is 2. The molecule has 0 heterocycles. The van der Waals surface area contributed by atoms with Crippen LogP contribution >= 0.6 is 11.6 Å². The van der Waals surface area contributed by atoms with Crippen molar-refractivity contribution in [2.24, 2.45) is 0 Å². The number of fused-ring (bicyclic) bond motifs is 3. The van der Waals surface area contributed by atoms with E-state index in [1.807, 2.05) is 6.07 Å². The summed E-state index contributed by atoms with van der Waals surface area (Å²) in [5.41, 5.74) is -0.670. The fraction of sp³-hybridized carbons (Fsp3) is 0.391. The molecular formula is C23H24ClFN2O4. The second-order valence-corrected chi connectivity index (χ2v) is 8.80. The molecule has 2 amide bonds. The van der Waals surface area contributed by atoms with Crippen molar-refractivity contribution in [3.05, 3.63) is 64.9 Å². The van der Waals surface area contributed by atoms with E-state index in [1.165, 1.54) is 12.1 Å². The number of hydrogen-bond donors (Lipinski definition) is 3. The molecule has 1 atom stereocenters. The Kier molecular flexibility index (Phi) is 5.90. The van der Waals surface area contributed by atoms with Gasteiger partial charge in [0.1, 0.15) is 11.6 Å². The van der Waals surface area contributed by atoms with E-state index in [1.54, 1.807) is 24.3 Å². The maximum absolute atomic E-state index is 13.5. The predicted molar refractivity (Wildman–Crippen MR) is 114 cm³/mol. The molecule has 0 aromatic heterocycles. The maximum atomic E-state index is 13.5. The zero-order chi connectivity index (χ0) is 22.1.